The minimum Gasteiger partial charge on any atom is -0.549 e. The van der Waals surface area contributed by atoms with E-state index in [1.807, 2.05) is 0 Å². The van der Waals surface area contributed by atoms with E-state index in [2.05, 4.69) is 0 Å². The van der Waals surface area contributed by atoms with Crippen molar-refractivity contribution >= 4 is 28.0 Å². The van der Waals surface area contributed by atoms with Gasteiger partial charge >= 0.3 is 16.1 Å². The molecule has 0 heterocycles. The largest absolute Gasteiger partial charge is 2.00 e. The molecule has 0 amide bonds. The Bertz CT molecular complexity index is 192. The van der Waals surface area contributed by atoms with Crippen LogP contribution in [0.4, 0.5) is 0 Å². The van der Waals surface area contributed by atoms with E-state index in [1.54, 1.807) is 0 Å². The molecule has 0 saturated heterocycles. The second kappa shape index (κ2) is 6.99. The summed E-state index contributed by atoms with van der Waals surface area (Å²) in [4.78, 5) is 30.8. The van der Waals surface area contributed by atoms with Crippen LogP contribution in [0, 0.1) is 0 Å². The maximum atomic E-state index is 10.1. The molecular weight excluding hydrogens is 191 g/mol. The van der Waals surface area contributed by atoms with Crippen molar-refractivity contribution in [1.82, 2.24) is 4.90 Å². The van der Waals surface area contributed by atoms with Crippen molar-refractivity contribution in [2.45, 2.75) is 0 Å². The van der Waals surface area contributed by atoms with Gasteiger partial charge in [0.15, 0.2) is 0 Å². The minimum atomic E-state index is -1.54. The van der Waals surface area contributed by atoms with Crippen LogP contribution in [0.3, 0.4) is 0 Å². The first-order chi connectivity index (χ1) is 5.91. The van der Waals surface area contributed by atoms with Crippen LogP contribution in [0.25, 0.3) is 0 Å². The van der Waals surface area contributed by atoms with E-state index in [-0.39, 0.29) is 10.1 Å². The second-order valence-electron chi connectivity index (χ2n) is 2.28. The minimum absolute atomic E-state index is 0. The first-order valence-electron chi connectivity index (χ1n) is 3.25. The van der Waals surface area contributed by atoms with E-state index in [0.717, 1.165) is 0 Å². The molecule has 0 aliphatic carbocycles. The molecule has 8 heteroatoms. The number of carboxylic acid groups (broad SMARTS) is 3. The Labute approximate surface area is 83.2 Å². The van der Waals surface area contributed by atoms with Crippen LogP contribution in [-0.4, -0.2) is 57.7 Å². The van der Waals surface area contributed by atoms with Gasteiger partial charge in [-0.3, -0.25) is 9.69 Å². The van der Waals surface area contributed by atoms with Gasteiger partial charge in [0, 0.05) is 13.1 Å². The molecule has 0 unspecified atom stereocenters. The van der Waals surface area contributed by atoms with Gasteiger partial charge in [0.05, 0.1) is 18.5 Å². The number of hydrogen-bond donors (Lipinski definition) is 1. The zero-order valence-electron chi connectivity index (χ0n) is 7.26. The molecule has 0 radical (unpaired) electrons. The third-order valence-corrected chi connectivity index (χ3v) is 1.06. The summed E-state index contributed by atoms with van der Waals surface area (Å²) in [6.07, 6.45) is 0. The molecule has 0 aliphatic rings. The summed E-state index contributed by atoms with van der Waals surface area (Å²) in [7, 11) is 0. The van der Waals surface area contributed by atoms with Gasteiger partial charge in [0.25, 0.3) is 0 Å². The second-order valence-corrected chi connectivity index (χ2v) is 2.28. The first kappa shape index (κ1) is 15.0. The van der Waals surface area contributed by atoms with Crippen molar-refractivity contribution in [3.8, 4) is 0 Å². The summed E-state index contributed by atoms with van der Waals surface area (Å²) in [5.41, 5.74) is 0. The molecule has 74 valence electrons. The normalized spacial score (nSPS) is 9.21. The number of carbonyl (C=O) groups is 3. The standard InChI is InChI=1S/C6H9NO6.Be/c8-4(9)1-7(2-5(10)11)3-6(12)13;/h1-3H2,(H,8,9)(H,10,11)(H,12,13);/q;+2/p-2. The van der Waals surface area contributed by atoms with Crippen molar-refractivity contribution in [3.63, 3.8) is 0 Å². The summed E-state index contributed by atoms with van der Waals surface area (Å²) in [6.45, 7) is -2.18. The summed E-state index contributed by atoms with van der Waals surface area (Å²) in [5, 5.41) is 28.3. The van der Waals surface area contributed by atoms with Crippen LogP contribution in [0.15, 0.2) is 0 Å². The van der Waals surface area contributed by atoms with E-state index in [9.17, 15) is 24.6 Å². The van der Waals surface area contributed by atoms with Crippen LogP contribution in [-0.2, 0) is 14.4 Å². The summed E-state index contributed by atoms with van der Waals surface area (Å²) < 4.78 is 0. The van der Waals surface area contributed by atoms with E-state index in [0.29, 0.717) is 4.90 Å². The molecule has 0 saturated carbocycles. The third kappa shape index (κ3) is 8.63. The number of carbonyl (C=O) groups excluding carboxylic acids is 2. The Balaban J connectivity index is 0. The van der Waals surface area contributed by atoms with Gasteiger partial charge in [-0.15, -0.1) is 0 Å². The molecule has 0 aliphatic heterocycles. The summed E-state index contributed by atoms with van der Waals surface area (Å²) in [5.74, 6) is -4.40. The Kier molecular flexibility index (Phi) is 7.51. The predicted octanol–water partition coefficient (Wildman–Crippen LogP) is -4.51. The van der Waals surface area contributed by atoms with Gasteiger partial charge in [-0.2, -0.15) is 0 Å². The molecule has 0 spiro atoms. The zero-order chi connectivity index (χ0) is 10.4. The molecule has 0 aromatic rings. The maximum Gasteiger partial charge on any atom is 2.00 e. The molecule has 0 bridgehead atoms. The van der Waals surface area contributed by atoms with Gasteiger partial charge in [-0.1, -0.05) is 0 Å². The average molecular weight is 198 g/mol. The molecule has 0 atom stereocenters. The number of aliphatic carboxylic acids is 3. The monoisotopic (exact) mass is 198 g/mol. The van der Waals surface area contributed by atoms with E-state index < -0.39 is 37.5 Å². The smallest absolute Gasteiger partial charge is 0.549 e. The fourth-order valence-electron chi connectivity index (χ4n) is 0.724. The average Bonchev–Trinajstić information content (AvgIpc) is 1.80. The number of nitrogens with zero attached hydrogens (tertiary/aromatic N) is 1. The quantitative estimate of drug-likeness (QED) is 0.427. The van der Waals surface area contributed by atoms with Crippen LogP contribution in [0.5, 0.6) is 0 Å². The third-order valence-electron chi connectivity index (χ3n) is 1.06. The fraction of sp³-hybridized carbons (Fsp3) is 0.500. The van der Waals surface area contributed by atoms with Gasteiger partial charge < -0.3 is 24.9 Å². The Morgan fingerprint density at radius 3 is 1.57 bits per heavy atom. The Morgan fingerprint density at radius 1 is 1.00 bits per heavy atom. The number of rotatable bonds is 6. The topological polar surface area (TPSA) is 121 Å². The SMILES string of the molecule is O=C([O-])CN(CC(=O)[O-])CC(=O)O.[Be+2]. The van der Waals surface area contributed by atoms with Crippen molar-refractivity contribution in [1.29, 1.82) is 0 Å². The molecule has 7 nitrogen and oxygen atoms in total. The van der Waals surface area contributed by atoms with Crippen LogP contribution >= 0.6 is 0 Å². The molecular formula is C6H7BeNO6. The van der Waals surface area contributed by atoms with Crippen LogP contribution in [0.2, 0.25) is 0 Å². The predicted molar refractivity (Wildman–Crippen MR) is 39.8 cm³/mol. The molecule has 1 N–H and O–H groups in total. The Hall–Kier alpha value is -1.46. The first-order valence-corrected chi connectivity index (χ1v) is 3.25. The zero-order valence-corrected chi connectivity index (χ0v) is 7.26. The van der Waals surface area contributed by atoms with Gasteiger partial charge in [0.2, 0.25) is 0 Å². The number of hydrogen-bond acceptors (Lipinski definition) is 6. The van der Waals surface area contributed by atoms with Crippen molar-refractivity contribution in [2.24, 2.45) is 0 Å². The molecule has 0 aromatic heterocycles. The van der Waals surface area contributed by atoms with Crippen molar-refractivity contribution < 1.29 is 29.7 Å². The number of carboxylic acids is 3. The van der Waals surface area contributed by atoms with E-state index in [1.165, 1.54) is 0 Å². The van der Waals surface area contributed by atoms with Crippen molar-refractivity contribution in [3.05, 3.63) is 0 Å². The molecule has 0 rings (SSSR count). The molecule has 0 fully saturated rings. The molecule has 0 aromatic carbocycles. The summed E-state index contributed by atoms with van der Waals surface area (Å²) in [6, 6.07) is 0. The summed E-state index contributed by atoms with van der Waals surface area (Å²) >= 11 is 0. The van der Waals surface area contributed by atoms with E-state index >= 15 is 0 Å². The van der Waals surface area contributed by atoms with Gasteiger partial charge in [0.1, 0.15) is 0 Å². The van der Waals surface area contributed by atoms with Crippen LogP contribution < -0.4 is 10.2 Å². The molecule has 14 heavy (non-hydrogen) atoms. The van der Waals surface area contributed by atoms with Crippen LogP contribution in [0.1, 0.15) is 0 Å². The van der Waals surface area contributed by atoms with Gasteiger partial charge in [-0.25, -0.2) is 0 Å². The van der Waals surface area contributed by atoms with E-state index in [4.69, 9.17) is 5.11 Å². The fourth-order valence-corrected chi connectivity index (χ4v) is 0.724. The van der Waals surface area contributed by atoms with Gasteiger partial charge in [-0.05, 0) is 0 Å². The Morgan fingerprint density at radius 2 is 1.36 bits per heavy atom. The maximum absolute atomic E-state index is 10.1. The van der Waals surface area contributed by atoms with Crippen molar-refractivity contribution in [2.75, 3.05) is 19.6 Å².